The van der Waals surface area contributed by atoms with E-state index in [4.69, 9.17) is 0 Å². The first-order valence-electron chi connectivity index (χ1n) is 6.52. The first-order valence-corrected chi connectivity index (χ1v) is 7.40. The average molecular weight is 258 g/mol. The van der Waals surface area contributed by atoms with Crippen molar-refractivity contribution < 1.29 is 0 Å². The summed E-state index contributed by atoms with van der Waals surface area (Å²) < 4.78 is 0. The minimum absolute atomic E-state index is 0.839. The third kappa shape index (κ3) is 2.98. The molecule has 1 aromatic carbocycles. The minimum Gasteiger partial charge on any atom is -0.307 e. The summed E-state index contributed by atoms with van der Waals surface area (Å²) in [5.74, 6) is 0.839. The summed E-state index contributed by atoms with van der Waals surface area (Å²) in [6, 6.07) is 8.98. The molecule has 1 aromatic heterocycles. The molecule has 2 aromatic rings. The van der Waals surface area contributed by atoms with Gasteiger partial charge in [0, 0.05) is 18.5 Å². The van der Waals surface area contributed by atoms with Gasteiger partial charge in [0.05, 0.1) is 10.7 Å². The Kier molecular flexibility index (Phi) is 3.43. The van der Waals surface area contributed by atoms with Crippen LogP contribution < -0.4 is 5.32 Å². The van der Waals surface area contributed by atoms with E-state index < -0.39 is 0 Å². The van der Waals surface area contributed by atoms with Gasteiger partial charge in [0.1, 0.15) is 0 Å². The topological polar surface area (TPSA) is 24.9 Å². The van der Waals surface area contributed by atoms with E-state index in [9.17, 15) is 0 Å². The molecule has 0 spiro atoms. The lowest BCUT2D eigenvalue weighted by Crippen LogP contribution is -2.13. The van der Waals surface area contributed by atoms with Gasteiger partial charge in [0.2, 0.25) is 0 Å². The molecule has 1 aliphatic rings. The predicted molar refractivity (Wildman–Crippen MR) is 75.8 cm³/mol. The predicted octanol–water partition coefficient (Wildman–Crippen LogP) is 3.62. The third-order valence-corrected chi connectivity index (χ3v) is 4.12. The first kappa shape index (κ1) is 11.9. The van der Waals surface area contributed by atoms with Gasteiger partial charge in [-0.15, -0.1) is 11.3 Å². The molecule has 3 heteroatoms. The van der Waals surface area contributed by atoms with Crippen LogP contribution in [0, 0.1) is 6.92 Å². The normalized spacial score (nSPS) is 14.9. The van der Waals surface area contributed by atoms with Crippen molar-refractivity contribution in [1.82, 2.24) is 10.3 Å². The van der Waals surface area contributed by atoms with Crippen molar-refractivity contribution in [1.29, 1.82) is 0 Å². The smallest absolute Gasteiger partial charge is 0.0897 e. The minimum atomic E-state index is 0.839. The molecule has 0 unspecified atom stereocenters. The molecular weight excluding hydrogens is 240 g/mol. The van der Waals surface area contributed by atoms with Crippen molar-refractivity contribution in [3.63, 3.8) is 0 Å². The number of aromatic nitrogens is 1. The van der Waals surface area contributed by atoms with E-state index in [0.717, 1.165) is 29.7 Å². The standard InChI is InChI=1S/C15H18N2S/c1-11-17-15(10-18-11)9-16-8-12-3-2-4-14(7-12)13-5-6-13/h2-4,7,10,13,16H,5-6,8-9H2,1H3. The maximum absolute atomic E-state index is 4.45. The molecule has 0 atom stereocenters. The van der Waals surface area contributed by atoms with Crippen molar-refractivity contribution >= 4 is 11.3 Å². The molecule has 2 nitrogen and oxygen atoms in total. The SMILES string of the molecule is Cc1nc(CNCc2cccc(C3CC3)c2)cs1. The molecule has 0 amide bonds. The van der Waals surface area contributed by atoms with Crippen LogP contribution in [0.25, 0.3) is 0 Å². The van der Waals surface area contributed by atoms with Gasteiger partial charge < -0.3 is 5.32 Å². The van der Waals surface area contributed by atoms with Crippen molar-refractivity contribution in [2.75, 3.05) is 0 Å². The zero-order valence-electron chi connectivity index (χ0n) is 10.6. The zero-order valence-corrected chi connectivity index (χ0v) is 11.5. The van der Waals surface area contributed by atoms with Crippen LogP contribution in [0.1, 0.15) is 40.6 Å². The molecular formula is C15H18N2S. The summed E-state index contributed by atoms with van der Waals surface area (Å²) in [5.41, 5.74) is 4.04. The Morgan fingerprint density at radius 2 is 2.22 bits per heavy atom. The van der Waals surface area contributed by atoms with Gasteiger partial charge in [-0.1, -0.05) is 24.3 Å². The second kappa shape index (κ2) is 5.21. The van der Waals surface area contributed by atoms with Crippen molar-refractivity contribution in [2.24, 2.45) is 0 Å². The quantitative estimate of drug-likeness (QED) is 0.886. The van der Waals surface area contributed by atoms with E-state index in [-0.39, 0.29) is 0 Å². The number of hydrogen-bond donors (Lipinski definition) is 1. The molecule has 1 fully saturated rings. The van der Waals surface area contributed by atoms with E-state index in [1.807, 2.05) is 6.92 Å². The fraction of sp³-hybridized carbons (Fsp3) is 0.400. The van der Waals surface area contributed by atoms with E-state index in [2.05, 4.69) is 39.9 Å². The van der Waals surface area contributed by atoms with E-state index >= 15 is 0 Å². The highest BCUT2D eigenvalue weighted by atomic mass is 32.1. The van der Waals surface area contributed by atoms with Crippen molar-refractivity contribution in [3.05, 3.63) is 51.5 Å². The maximum Gasteiger partial charge on any atom is 0.0897 e. The van der Waals surface area contributed by atoms with Gasteiger partial charge in [-0.3, -0.25) is 0 Å². The second-order valence-electron chi connectivity index (χ2n) is 4.98. The molecule has 0 saturated heterocycles. The molecule has 18 heavy (non-hydrogen) atoms. The fourth-order valence-electron chi connectivity index (χ4n) is 2.20. The molecule has 1 heterocycles. The van der Waals surface area contributed by atoms with Crippen molar-refractivity contribution in [2.45, 2.75) is 38.8 Å². The maximum atomic E-state index is 4.45. The van der Waals surface area contributed by atoms with Gasteiger partial charge in [-0.2, -0.15) is 0 Å². The third-order valence-electron chi connectivity index (χ3n) is 3.30. The van der Waals surface area contributed by atoms with Gasteiger partial charge >= 0.3 is 0 Å². The van der Waals surface area contributed by atoms with Crippen LogP contribution in [0.15, 0.2) is 29.6 Å². The van der Waals surface area contributed by atoms with Crippen LogP contribution in [0.5, 0.6) is 0 Å². The second-order valence-corrected chi connectivity index (χ2v) is 6.04. The molecule has 0 bridgehead atoms. The Morgan fingerprint density at radius 1 is 1.33 bits per heavy atom. The lowest BCUT2D eigenvalue weighted by atomic mass is 10.1. The van der Waals surface area contributed by atoms with Gasteiger partial charge in [-0.05, 0) is 36.8 Å². The summed E-state index contributed by atoms with van der Waals surface area (Å²) in [5, 5.41) is 6.73. The van der Waals surface area contributed by atoms with Crippen LogP contribution in [0.4, 0.5) is 0 Å². The highest BCUT2D eigenvalue weighted by Crippen LogP contribution is 2.40. The molecule has 94 valence electrons. The van der Waals surface area contributed by atoms with Crippen molar-refractivity contribution in [3.8, 4) is 0 Å². The highest BCUT2D eigenvalue weighted by molar-refractivity contribution is 7.09. The Morgan fingerprint density at radius 3 is 2.94 bits per heavy atom. The number of rotatable bonds is 5. The number of benzene rings is 1. The van der Waals surface area contributed by atoms with Crippen LogP contribution >= 0.6 is 11.3 Å². The summed E-state index contributed by atoms with van der Waals surface area (Å²) in [6.45, 7) is 3.84. The Hall–Kier alpha value is -1.19. The molecule has 1 saturated carbocycles. The molecule has 1 N–H and O–H groups in total. The van der Waals surface area contributed by atoms with Crippen LogP contribution in [-0.2, 0) is 13.1 Å². The largest absolute Gasteiger partial charge is 0.307 e. The average Bonchev–Trinajstić information content (AvgIpc) is 3.14. The lowest BCUT2D eigenvalue weighted by Gasteiger charge is -2.05. The molecule has 0 aliphatic heterocycles. The van der Waals surface area contributed by atoms with Gasteiger partial charge in [0.25, 0.3) is 0 Å². The number of nitrogens with one attached hydrogen (secondary N) is 1. The highest BCUT2D eigenvalue weighted by Gasteiger charge is 2.23. The summed E-state index contributed by atoms with van der Waals surface area (Å²) in [6.07, 6.45) is 2.74. The molecule has 3 rings (SSSR count). The fourth-order valence-corrected chi connectivity index (χ4v) is 2.81. The Bertz CT molecular complexity index is 529. The van der Waals surface area contributed by atoms with Gasteiger partial charge in [-0.25, -0.2) is 4.98 Å². The summed E-state index contributed by atoms with van der Waals surface area (Å²) >= 11 is 1.71. The van der Waals surface area contributed by atoms with E-state index in [1.165, 1.54) is 24.0 Å². The van der Waals surface area contributed by atoms with E-state index in [1.54, 1.807) is 11.3 Å². The molecule has 0 radical (unpaired) electrons. The van der Waals surface area contributed by atoms with Crippen LogP contribution in [0.3, 0.4) is 0 Å². The van der Waals surface area contributed by atoms with Crippen LogP contribution in [-0.4, -0.2) is 4.98 Å². The Labute approximate surface area is 112 Å². The zero-order chi connectivity index (χ0) is 12.4. The van der Waals surface area contributed by atoms with E-state index in [0.29, 0.717) is 0 Å². The van der Waals surface area contributed by atoms with Gasteiger partial charge in [0.15, 0.2) is 0 Å². The Balaban J connectivity index is 1.54. The van der Waals surface area contributed by atoms with Crippen LogP contribution in [0.2, 0.25) is 0 Å². The number of hydrogen-bond acceptors (Lipinski definition) is 3. The monoisotopic (exact) mass is 258 g/mol. The first-order chi connectivity index (χ1) is 8.81. The summed E-state index contributed by atoms with van der Waals surface area (Å²) in [4.78, 5) is 4.45. The lowest BCUT2D eigenvalue weighted by molar-refractivity contribution is 0.681. The summed E-state index contributed by atoms with van der Waals surface area (Å²) in [7, 11) is 0. The number of thiazole rings is 1. The molecule has 1 aliphatic carbocycles. The number of aryl methyl sites for hydroxylation is 1. The number of nitrogens with zero attached hydrogens (tertiary/aromatic N) is 1.